The van der Waals surface area contributed by atoms with Crippen LogP contribution < -0.4 is 0 Å². The van der Waals surface area contributed by atoms with E-state index in [0.29, 0.717) is 22.3 Å². The molecule has 0 saturated carbocycles. The minimum atomic E-state index is -0.0533. The van der Waals surface area contributed by atoms with Crippen LogP contribution in [0.15, 0.2) is 60.9 Å². The molecule has 0 N–H and O–H groups in total. The molecule has 4 nitrogen and oxygen atoms in total. The maximum absolute atomic E-state index is 12.9. The zero-order valence-electron chi connectivity index (χ0n) is 15.6. The Morgan fingerprint density at radius 3 is 2.54 bits per heavy atom. The summed E-state index contributed by atoms with van der Waals surface area (Å²) in [5.74, 6) is -0.106. The van der Waals surface area contributed by atoms with Gasteiger partial charge in [0.2, 0.25) is 5.91 Å². The van der Waals surface area contributed by atoms with Gasteiger partial charge < -0.3 is 4.90 Å². The topological polar surface area (TPSA) is 50.3 Å². The number of aromatic nitrogens is 1. The van der Waals surface area contributed by atoms with Gasteiger partial charge in [-0.2, -0.15) is 0 Å². The van der Waals surface area contributed by atoms with Crippen LogP contribution in [0.3, 0.4) is 0 Å². The highest BCUT2D eigenvalue weighted by Crippen LogP contribution is 2.23. The molecule has 6 heteroatoms. The van der Waals surface area contributed by atoms with Crippen LogP contribution in [0.5, 0.6) is 0 Å². The molecular weight excluding hydrogens is 392 g/mol. The largest absolute Gasteiger partial charge is 0.334 e. The molecule has 0 aliphatic heterocycles. The fourth-order valence-electron chi connectivity index (χ4n) is 2.90. The second kappa shape index (κ2) is 9.62. The smallest absolute Gasteiger partial charge is 0.223 e. The predicted molar refractivity (Wildman–Crippen MR) is 113 cm³/mol. The minimum absolute atomic E-state index is 0.0527. The van der Waals surface area contributed by atoms with Gasteiger partial charge in [0.05, 0.1) is 9.21 Å². The number of carbonyl (C=O) groups is 2. The Balaban J connectivity index is 1.70. The molecule has 0 bridgehead atoms. The first-order chi connectivity index (χ1) is 13.5. The van der Waals surface area contributed by atoms with Crippen molar-refractivity contribution in [3.63, 3.8) is 0 Å². The van der Waals surface area contributed by atoms with E-state index in [1.165, 1.54) is 11.3 Å². The molecule has 28 heavy (non-hydrogen) atoms. The van der Waals surface area contributed by atoms with Crippen LogP contribution in [0.1, 0.15) is 39.2 Å². The van der Waals surface area contributed by atoms with E-state index >= 15 is 0 Å². The summed E-state index contributed by atoms with van der Waals surface area (Å²) in [4.78, 5) is 31.8. The monoisotopic (exact) mass is 412 g/mol. The van der Waals surface area contributed by atoms with Gasteiger partial charge in [0.25, 0.3) is 0 Å². The summed E-state index contributed by atoms with van der Waals surface area (Å²) >= 11 is 7.14. The number of thiophene rings is 1. The number of hydrogen-bond acceptors (Lipinski definition) is 4. The van der Waals surface area contributed by atoms with Crippen molar-refractivity contribution >= 4 is 34.6 Å². The number of benzene rings is 1. The molecule has 0 atom stereocenters. The van der Waals surface area contributed by atoms with Gasteiger partial charge in [-0.3, -0.25) is 14.6 Å². The first kappa shape index (κ1) is 20.2. The van der Waals surface area contributed by atoms with Gasteiger partial charge in [-0.25, -0.2) is 0 Å². The first-order valence-electron chi connectivity index (χ1n) is 9.02. The number of halogens is 1. The summed E-state index contributed by atoms with van der Waals surface area (Å²) in [7, 11) is 0. The number of nitrogens with zero attached hydrogens (tertiary/aromatic N) is 2. The Morgan fingerprint density at radius 1 is 1.04 bits per heavy atom. The Labute approximate surface area is 173 Å². The molecule has 144 valence electrons. The Kier molecular flexibility index (Phi) is 6.95. The van der Waals surface area contributed by atoms with E-state index < -0.39 is 0 Å². The minimum Gasteiger partial charge on any atom is -0.334 e. The van der Waals surface area contributed by atoms with Crippen LogP contribution >= 0.6 is 22.9 Å². The molecular formula is C22H21ClN2O2S. The molecule has 1 aromatic carbocycles. The molecule has 2 aromatic heterocycles. The summed E-state index contributed by atoms with van der Waals surface area (Å²) in [6, 6.07) is 15.2. The van der Waals surface area contributed by atoms with E-state index in [1.54, 1.807) is 29.4 Å². The van der Waals surface area contributed by atoms with Crippen LogP contribution in [0.4, 0.5) is 0 Å². The first-order valence-corrected chi connectivity index (χ1v) is 10.2. The quantitative estimate of drug-likeness (QED) is 0.472. The lowest BCUT2D eigenvalue weighted by molar-refractivity contribution is -0.132. The van der Waals surface area contributed by atoms with Crippen LogP contribution in [-0.4, -0.2) is 21.6 Å². The van der Waals surface area contributed by atoms with Gasteiger partial charge in [0.1, 0.15) is 0 Å². The highest BCUT2D eigenvalue weighted by Gasteiger charge is 2.18. The molecule has 0 unspecified atom stereocenters. The predicted octanol–water partition coefficient (Wildman–Crippen LogP) is 5.30. The van der Waals surface area contributed by atoms with Gasteiger partial charge >= 0.3 is 0 Å². The standard InChI is InChI=1S/C22H21ClN2O2S/c1-16-5-2-3-7-18(16)15-25(14-17-6-4-12-24-13-17)22(27)11-8-19(26)20-9-10-21(23)28-20/h2-7,9-10,12-13H,8,11,14-15H2,1H3. The number of ketones is 1. The third kappa shape index (κ3) is 5.50. The van der Waals surface area contributed by atoms with Crippen molar-refractivity contribution in [3.8, 4) is 0 Å². The van der Waals surface area contributed by atoms with Crippen LogP contribution in [-0.2, 0) is 17.9 Å². The second-order valence-corrected chi connectivity index (χ2v) is 8.28. The number of pyridine rings is 1. The third-order valence-corrected chi connectivity index (χ3v) is 5.76. The highest BCUT2D eigenvalue weighted by atomic mass is 35.5. The molecule has 0 spiro atoms. The van der Waals surface area contributed by atoms with Gasteiger partial charge in [0.15, 0.2) is 5.78 Å². The SMILES string of the molecule is Cc1ccccc1CN(Cc1cccnc1)C(=O)CCC(=O)c1ccc(Cl)s1. The fourth-order valence-corrected chi connectivity index (χ4v) is 3.91. The summed E-state index contributed by atoms with van der Waals surface area (Å²) in [5, 5.41) is 0. The van der Waals surface area contributed by atoms with Crippen molar-refractivity contribution in [2.45, 2.75) is 32.9 Å². The van der Waals surface area contributed by atoms with E-state index in [2.05, 4.69) is 4.98 Å². The van der Waals surface area contributed by atoms with Crippen molar-refractivity contribution in [2.24, 2.45) is 0 Å². The summed E-state index contributed by atoms with van der Waals surface area (Å²) in [6.07, 6.45) is 3.81. The summed E-state index contributed by atoms with van der Waals surface area (Å²) < 4.78 is 0.576. The maximum Gasteiger partial charge on any atom is 0.223 e. The molecule has 3 rings (SSSR count). The van der Waals surface area contributed by atoms with Crippen molar-refractivity contribution in [3.05, 3.63) is 86.8 Å². The van der Waals surface area contributed by atoms with Gasteiger partial charge in [-0.1, -0.05) is 41.9 Å². The van der Waals surface area contributed by atoms with Crippen LogP contribution in [0.25, 0.3) is 0 Å². The molecule has 0 saturated heterocycles. The van der Waals surface area contributed by atoms with Crippen molar-refractivity contribution in [1.82, 2.24) is 9.88 Å². The van der Waals surface area contributed by atoms with Gasteiger partial charge in [-0.15, -0.1) is 11.3 Å². The number of carbonyl (C=O) groups excluding carboxylic acids is 2. The average molecular weight is 413 g/mol. The van der Waals surface area contributed by atoms with Crippen LogP contribution in [0, 0.1) is 6.92 Å². The number of Topliss-reactive ketones (excluding diaryl/α,β-unsaturated/α-hetero) is 1. The Hall–Kier alpha value is -2.50. The maximum atomic E-state index is 12.9. The molecule has 2 heterocycles. The van der Waals surface area contributed by atoms with Crippen molar-refractivity contribution in [1.29, 1.82) is 0 Å². The number of amides is 1. The molecule has 0 radical (unpaired) electrons. The number of hydrogen-bond donors (Lipinski definition) is 0. The molecule has 0 fully saturated rings. The number of aryl methyl sites for hydroxylation is 1. The third-order valence-electron chi connectivity index (χ3n) is 4.49. The average Bonchev–Trinajstić information content (AvgIpc) is 3.14. The molecule has 3 aromatic rings. The lowest BCUT2D eigenvalue weighted by Gasteiger charge is -2.24. The second-order valence-electron chi connectivity index (χ2n) is 6.56. The van der Waals surface area contributed by atoms with E-state index in [9.17, 15) is 9.59 Å². The Morgan fingerprint density at radius 2 is 1.86 bits per heavy atom. The van der Waals surface area contributed by atoms with E-state index in [1.807, 2.05) is 43.3 Å². The zero-order valence-corrected chi connectivity index (χ0v) is 17.2. The van der Waals surface area contributed by atoms with E-state index in [0.717, 1.165) is 16.7 Å². The lowest BCUT2D eigenvalue weighted by Crippen LogP contribution is -2.30. The highest BCUT2D eigenvalue weighted by molar-refractivity contribution is 7.18. The lowest BCUT2D eigenvalue weighted by atomic mass is 10.1. The molecule has 0 aliphatic carbocycles. The van der Waals surface area contributed by atoms with Crippen molar-refractivity contribution < 1.29 is 9.59 Å². The molecule has 0 aliphatic rings. The van der Waals surface area contributed by atoms with Gasteiger partial charge in [0, 0.05) is 38.3 Å². The van der Waals surface area contributed by atoms with E-state index in [4.69, 9.17) is 11.6 Å². The van der Waals surface area contributed by atoms with Crippen molar-refractivity contribution in [2.75, 3.05) is 0 Å². The fraction of sp³-hybridized carbons (Fsp3) is 0.227. The normalized spacial score (nSPS) is 10.6. The summed E-state index contributed by atoms with van der Waals surface area (Å²) in [5.41, 5.74) is 3.19. The van der Waals surface area contributed by atoms with Gasteiger partial charge in [-0.05, 0) is 41.8 Å². The number of rotatable bonds is 8. The summed E-state index contributed by atoms with van der Waals surface area (Å²) in [6.45, 7) is 2.99. The molecule has 1 amide bonds. The zero-order chi connectivity index (χ0) is 19.9. The van der Waals surface area contributed by atoms with Crippen LogP contribution in [0.2, 0.25) is 4.34 Å². The Bertz CT molecular complexity index is 956. The van der Waals surface area contributed by atoms with E-state index in [-0.39, 0.29) is 24.5 Å².